The van der Waals surface area contributed by atoms with Crippen molar-refractivity contribution in [3.63, 3.8) is 0 Å². The number of hydrogen-bond donors (Lipinski definition) is 2. The molecule has 1 aromatic rings. The van der Waals surface area contributed by atoms with E-state index in [-0.39, 0.29) is 17.2 Å². The van der Waals surface area contributed by atoms with E-state index in [1.807, 2.05) is 25.7 Å². The number of rotatable bonds is 8. The maximum atomic E-state index is 14.0. The summed E-state index contributed by atoms with van der Waals surface area (Å²) in [5.74, 6) is -0.342. The summed E-state index contributed by atoms with van der Waals surface area (Å²) < 4.78 is 50.0. The Morgan fingerprint density at radius 1 is 1.34 bits per heavy atom. The summed E-state index contributed by atoms with van der Waals surface area (Å²) in [6.45, 7) is 8.41. The third kappa shape index (κ3) is 7.79. The number of benzene rings is 1. The number of anilines is 1. The van der Waals surface area contributed by atoms with Crippen LogP contribution in [-0.2, 0) is 9.84 Å². The van der Waals surface area contributed by atoms with E-state index >= 15 is 0 Å². The Hall–Kier alpha value is -1.90. The fourth-order valence-corrected chi connectivity index (χ4v) is 4.11. The van der Waals surface area contributed by atoms with Crippen LogP contribution in [0.3, 0.4) is 0 Å². The van der Waals surface area contributed by atoms with Gasteiger partial charge in [-0.15, -0.1) is 0 Å². The SMILES string of the molecule is CCNC(=NCC(C)(C)CCS(C)(=O)=O)NC1CCN(c2ccc(F)cc2F)C1. The number of halogens is 2. The van der Waals surface area contributed by atoms with Crippen LogP contribution in [-0.4, -0.2) is 58.6 Å². The molecule has 1 aromatic carbocycles. The van der Waals surface area contributed by atoms with Gasteiger partial charge in [0.05, 0.1) is 11.4 Å². The molecule has 0 aliphatic carbocycles. The van der Waals surface area contributed by atoms with E-state index in [1.54, 1.807) is 0 Å². The van der Waals surface area contributed by atoms with Gasteiger partial charge in [-0.25, -0.2) is 17.2 Å². The highest BCUT2D eigenvalue weighted by Crippen LogP contribution is 2.24. The zero-order valence-corrected chi connectivity index (χ0v) is 18.5. The van der Waals surface area contributed by atoms with Gasteiger partial charge in [0.2, 0.25) is 0 Å². The molecule has 9 heteroatoms. The Labute approximate surface area is 172 Å². The van der Waals surface area contributed by atoms with Crippen molar-refractivity contribution in [2.45, 2.75) is 39.7 Å². The van der Waals surface area contributed by atoms with Crippen molar-refractivity contribution >= 4 is 21.5 Å². The normalized spacial score (nSPS) is 18.2. The molecule has 0 radical (unpaired) electrons. The lowest BCUT2D eigenvalue weighted by Crippen LogP contribution is -2.45. The van der Waals surface area contributed by atoms with Crippen LogP contribution in [0.4, 0.5) is 14.5 Å². The summed E-state index contributed by atoms with van der Waals surface area (Å²) in [4.78, 5) is 6.53. The first-order valence-corrected chi connectivity index (χ1v) is 12.0. The quantitative estimate of drug-likeness (QED) is 0.490. The fourth-order valence-electron chi connectivity index (χ4n) is 3.18. The van der Waals surface area contributed by atoms with E-state index in [1.165, 1.54) is 18.4 Å². The van der Waals surface area contributed by atoms with Crippen molar-refractivity contribution in [3.05, 3.63) is 29.8 Å². The van der Waals surface area contributed by atoms with Crippen LogP contribution in [0.25, 0.3) is 0 Å². The van der Waals surface area contributed by atoms with Crippen molar-refractivity contribution in [1.29, 1.82) is 0 Å². The van der Waals surface area contributed by atoms with Crippen molar-refractivity contribution in [2.24, 2.45) is 10.4 Å². The van der Waals surface area contributed by atoms with Crippen LogP contribution in [0.5, 0.6) is 0 Å². The molecule has 2 rings (SSSR count). The third-order valence-corrected chi connectivity index (χ3v) is 5.88. The van der Waals surface area contributed by atoms with Crippen LogP contribution in [0.15, 0.2) is 23.2 Å². The minimum Gasteiger partial charge on any atom is -0.367 e. The van der Waals surface area contributed by atoms with Gasteiger partial charge in [-0.2, -0.15) is 0 Å². The van der Waals surface area contributed by atoms with Gasteiger partial charge in [-0.1, -0.05) is 13.8 Å². The van der Waals surface area contributed by atoms with E-state index in [9.17, 15) is 17.2 Å². The standard InChI is InChI=1S/C20H32F2N4O2S/c1-5-23-19(24-14-20(2,3)9-11-29(4,27)28)25-16-8-10-26(13-16)18-7-6-15(21)12-17(18)22/h6-7,12,16H,5,8-11,13-14H2,1-4H3,(H2,23,24,25). The molecule has 0 spiro atoms. The molecular formula is C20H32F2N4O2S. The topological polar surface area (TPSA) is 73.8 Å². The lowest BCUT2D eigenvalue weighted by molar-refractivity contribution is 0.365. The molecular weight excluding hydrogens is 398 g/mol. The second-order valence-electron chi connectivity index (χ2n) is 8.41. The summed E-state index contributed by atoms with van der Waals surface area (Å²) in [6, 6.07) is 3.72. The largest absolute Gasteiger partial charge is 0.367 e. The molecule has 6 nitrogen and oxygen atoms in total. The average Bonchev–Trinajstić information content (AvgIpc) is 3.06. The lowest BCUT2D eigenvalue weighted by atomic mass is 9.90. The van der Waals surface area contributed by atoms with Crippen LogP contribution in [0.2, 0.25) is 0 Å². The summed E-state index contributed by atoms with van der Waals surface area (Å²) >= 11 is 0. The van der Waals surface area contributed by atoms with Crippen molar-refractivity contribution < 1.29 is 17.2 Å². The molecule has 1 aliphatic heterocycles. The first-order chi connectivity index (χ1) is 13.5. The predicted octanol–water partition coefficient (Wildman–Crippen LogP) is 2.56. The van der Waals surface area contributed by atoms with Crippen molar-refractivity contribution in [2.75, 3.05) is 43.1 Å². The number of nitrogens with one attached hydrogen (secondary N) is 2. The third-order valence-electron chi connectivity index (χ3n) is 4.94. The zero-order valence-electron chi connectivity index (χ0n) is 17.6. The predicted molar refractivity (Wildman–Crippen MR) is 114 cm³/mol. The first-order valence-electron chi connectivity index (χ1n) is 9.92. The van der Waals surface area contributed by atoms with E-state index in [4.69, 9.17) is 0 Å². The van der Waals surface area contributed by atoms with Crippen LogP contribution >= 0.6 is 0 Å². The molecule has 0 amide bonds. The highest BCUT2D eigenvalue weighted by molar-refractivity contribution is 7.90. The van der Waals surface area contributed by atoms with Crippen molar-refractivity contribution in [1.82, 2.24) is 10.6 Å². The minimum absolute atomic E-state index is 0.0800. The van der Waals surface area contributed by atoms with Crippen LogP contribution in [0, 0.1) is 17.0 Å². The second kappa shape index (κ2) is 9.73. The molecule has 1 aliphatic rings. The molecule has 1 unspecified atom stereocenters. The molecule has 1 fully saturated rings. The van der Waals surface area contributed by atoms with E-state index in [0.29, 0.717) is 44.2 Å². The number of nitrogens with zero attached hydrogens (tertiary/aromatic N) is 2. The van der Waals surface area contributed by atoms with E-state index in [2.05, 4.69) is 15.6 Å². The molecule has 164 valence electrons. The molecule has 1 atom stereocenters. The maximum absolute atomic E-state index is 14.0. The van der Waals surface area contributed by atoms with Crippen molar-refractivity contribution in [3.8, 4) is 0 Å². The van der Waals surface area contributed by atoms with Crippen LogP contribution in [0.1, 0.15) is 33.6 Å². The molecule has 0 aromatic heterocycles. The highest BCUT2D eigenvalue weighted by atomic mass is 32.2. The Kier molecular flexibility index (Phi) is 7.85. The second-order valence-corrected chi connectivity index (χ2v) is 10.7. The monoisotopic (exact) mass is 430 g/mol. The smallest absolute Gasteiger partial charge is 0.191 e. The number of aliphatic imine (C=N–C) groups is 1. The van der Waals surface area contributed by atoms with Gasteiger partial charge >= 0.3 is 0 Å². The number of guanidine groups is 1. The van der Waals surface area contributed by atoms with Gasteiger partial charge < -0.3 is 15.5 Å². The molecule has 0 bridgehead atoms. The molecule has 29 heavy (non-hydrogen) atoms. The Morgan fingerprint density at radius 3 is 2.69 bits per heavy atom. The fraction of sp³-hybridized carbons (Fsp3) is 0.650. The maximum Gasteiger partial charge on any atom is 0.191 e. The lowest BCUT2D eigenvalue weighted by Gasteiger charge is -2.24. The highest BCUT2D eigenvalue weighted by Gasteiger charge is 2.26. The van der Waals surface area contributed by atoms with Gasteiger partial charge in [0.15, 0.2) is 5.96 Å². The molecule has 1 saturated heterocycles. The number of sulfone groups is 1. The molecule has 0 saturated carbocycles. The minimum atomic E-state index is -3.00. The van der Waals surface area contributed by atoms with E-state index in [0.717, 1.165) is 12.5 Å². The van der Waals surface area contributed by atoms with Gasteiger partial charge in [-0.3, -0.25) is 4.99 Å². The Morgan fingerprint density at radius 2 is 2.07 bits per heavy atom. The molecule has 2 N–H and O–H groups in total. The van der Waals surface area contributed by atoms with Gasteiger partial charge in [0.1, 0.15) is 21.5 Å². The van der Waals surface area contributed by atoms with Crippen LogP contribution < -0.4 is 15.5 Å². The summed E-state index contributed by atoms with van der Waals surface area (Å²) in [7, 11) is -3.00. The average molecular weight is 431 g/mol. The van der Waals surface area contributed by atoms with Gasteiger partial charge in [0, 0.05) is 44.5 Å². The summed E-state index contributed by atoms with van der Waals surface area (Å²) in [5.41, 5.74) is 0.157. The molecule has 1 heterocycles. The summed E-state index contributed by atoms with van der Waals surface area (Å²) in [5, 5.41) is 6.58. The first kappa shape index (κ1) is 23.4. The Bertz CT molecular complexity index is 828. The summed E-state index contributed by atoms with van der Waals surface area (Å²) in [6.07, 6.45) is 2.59. The number of hydrogen-bond acceptors (Lipinski definition) is 4. The van der Waals surface area contributed by atoms with Gasteiger partial charge in [0.25, 0.3) is 0 Å². The zero-order chi connectivity index (χ0) is 21.7. The Balaban J connectivity index is 1.97. The van der Waals surface area contributed by atoms with E-state index < -0.39 is 21.5 Å². The van der Waals surface area contributed by atoms with Gasteiger partial charge in [-0.05, 0) is 37.3 Å².